The summed E-state index contributed by atoms with van der Waals surface area (Å²) in [5, 5.41) is 8.27. The van der Waals surface area contributed by atoms with E-state index >= 15 is 0 Å². The molecule has 1 aromatic carbocycles. The zero-order valence-electron chi connectivity index (χ0n) is 5.72. The Hall–Kier alpha value is 0.293. The number of hydrogen-bond donors (Lipinski definition) is 0. The van der Waals surface area contributed by atoms with Gasteiger partial charge < -0.3 is 0 Å². The number of halogens is 2. The van der Waals surface area contributed by atoms with E-state index in [9.17, 15) is 0 Å². The standard InChI is InChI=1S/C7H4N.2BrH.Zn/c8-6-7-4-2-1-3-5-7;;;/h1-2,4-5H;2*1H;/q;;;+2/p-2. The summed E-state index contributed by atoms with van der Waals surface area (Å²) in [5.74, 6) is 0. The molecule has 0 amide bonds. The SMILES string of the molecule is N#Cc1c[c]ccc1.[Br][Zn][Br]. The van der Waals surface area contributed by atoms with Gasteiger partial charge in [0.1, 0.15) is 0 Å². The minimum absolute atomic E-state index is 0.250. The fourth-order valence-electron chi connectivity index (χ4n) is 0.463. The van der Waals surface area contributed by atoms with Crippen LogP contribution in [-0.4, -0.2) is 0 Å². The third-order valence-electron chi connectivity index (χ3n) is 0.836. The van der Waals surface area contributed by atoms with Crippen molar-refractivity contribution < 1.29 is 13.2 Å². The fourth-order valence-corrected chi connectivity index (χ4v) is 0.463. The second-order valence-corrected chi connectivity index (χ2v) is 15.6. The Morgan fingerprint density at radius 3 is 2.45 bits per heavy atom. The molecular formula is C7H4Br2NZn. The molecule has 0 spiro atoms. The van der Waals surface area contributed by atoms with E-state index < -0.39 is 0 Å². The molecule has 0 fully saturated rings. The van der Waals surface area contributed by atoms with Crippen molar-refractivity contribution in [3.8, 4) is 6.07 Å². The molecule has 0 aromatic heterocycles. The van der Waals surface area contributed by atoms with Crippen LogP contribution < -0.4 is 0 Å². The summed E-state index contributed by atoms with van der Waals surface area (Å²) in [7, 11) is 0. The van der Waals surface area contributed by atoms with Gasteiger partial charge in [-0.2, -0.15) is 5.26 Å². The average Bonchev–Trinajstić information content (AvgIpc) is 2.08. The maximum atomic E-state index is 8.27. The molecule has 0 atom stereocenters. The van der Waals surface area contributed by atoms with E-state index in [-0.39, 0.29) is 13.2 Å². The first-order valence-corrected chi connectivity index (χ1v) is 16.7. The number of hydrogen-bond acceptors (Lipinski definition) is 1. The maximum absolute atomic E-state index is 8.27. The topological polar surface area (TPSA) is 23.8 Å². The molecule has 0 unspecified atom stereocenters. The zero-order valence-corrected chi connectivity index (χ0v) is 11.9. The van der Waals surface area contributed by atoms with Crippen LogP contribution in [0.5, 0.6) is 0 Å². The Labute approximate surface area is 87.1 Å². The Morgan fingerprint density at radius 1 is 1.55 bits per heavy atom. The van der Waals surface area contributed by atoms with Crippen molar-refractivity contribution in [1.82, 2.24) is 0 Å². The van der Waals surface area contributed by atoms with Gasteiger partial charge in [-0.3, -0.25) is 0 Å². The zero-order chi connectivity index (χ0) is 8.53. The van der Waals surface area contributed by atoms with Gasteiger partial charge in [0.2, 0.25) is 0 Å². The van der Waals surface area contributed by atoms with E-state index in [4.69, 9.17) is 5.26 Å². The molecule has 1 aromatic rings. The first kappa shape index (κ1) is 11.3. The van der Waals surface area contributed by atoms with Crippen molar-refractivity contribution >= 4 is 27.2 Å². The van der Waals surface area contributed by atoms with Gasteiger partial charge >= 0.3 is 40.5 Å². The first-order chi connectivity index (χ1) is 5.35. The second kappa shape index (κ2) is 8.39. The summed E-state index contributed by atoms with van der Waals surface area (Å²) >= 11 is 6.25. The predicted molar refractivity (Wildman–Crippen MR) is 47.8 cm³/mol. The van der Waals surface area contributed by atoms with Crippen LogP contribution in [0, 0.1) is 17.4 Å². The minimum atomic E-state index is -0.250. The van der Waals surface area contributed by atoms with Crippen molar-refractivity contribution in [2.45, 2.75) is 0 Å². The fraction of sp³-hybridized carbons (Fsp3) is 0. The Morgan fingerprint density at radius 2 is 2.18 bits per heavy atom. The van der Waals surface area contributed by atoms with Gasteiger partial charge in [-0.25, -0.2) is 0 Å². The summed E-state index contributed by atoms with van der Waals surface area (Å²) in [4.78, 5) is 0. The molecule has 1 radical (unpaired) electrons. The third kappa shape index (κ3) is 6.68. The number of nitrogens with zero attached hydrogens (tertiary/aromatic N) is 1. The number of benzene rings is 1. The third-order valence-corrected chi connectivity index (χ3v) is 0.836. The Kier molecular flexibility index (Phi) is 8.61. The number of nitriles is 1. The summed E-state index contributed by atoms with van der Waals surface area (Å²) in [6.07, 6.45) is 0. The summed E-state index contributed by atoms with van der Waals surface area (Å²) in [6, 6.07) is 11.7. The normalized spacial score (nSPS) is 6.64. The summed E-state index contributed by atoms with van der Waals surface area (Å²) in [6.45, 7) is 0. The molecule has 0 saturated carbocycles. The Bertz CT molecular complexity index is 220. The van der Waals surface area contributed by atoms with Gasteiger partial charge in [-0.15, -0.1) is 0 Å². The molecule has 0 saturated heterocycles. The van der Waals surface area contributed by atoms with Crippen LogP contribution in [-0.2, 0) is 13.2 Å². The molecule has 1 rings (SSSR count). The molecule has 0 bridgehead atoms. The van der Waals surface area contributed by atoms with Crippen molar-refractivity contribution in [3.63, 3.8) is 0 Å². The molecule has 1 nitrogen and oxygen atoms in total. The van der Waals surface area contributed by atoms with Crippen LogP contribution in [0.3, 0.4) is 0 Å². The molecule has 11 heavy (non-hydrogen) atoms. The van der Waals surface area contributed by atoms with Gasteiger partial charge in [-0.05, 0) is 18.2 Å². The Balaban J connectivity index is 0.000000292. The number of rotatable bonds is 0. The van der Waals surface area contributed by atoms with Gasteiger partial charge in [0.25, 0.3) is 0 Å². The summed E-state index contributed by atoms with van der Waals surface area (Å²) < 4.78 is 0. The van der Waals surface area contributed by atoms with E-state index in [1.54, 1.807) is 24.3 Å². The van der Waals surface area contributed by atoms with Crippen molar-refractivity contribution in [3.05, 3.63) is 35.9 Å². The molecule has 0 aliphatic rings. The predicted octanol–water partition coefficient (Wildman–Crippen LogP) is 3.05. The molecule has 4 heteroatoms. The average molecular weight is 327 g/mol. The van der Waals surface area contributed by atoms with E-state index in [0.717, 1.165) is 0 Å². The molecule has 0 aliphatic heterocycles. The van der Waals surface area contributed by atoms with E-state index in [2.05, 4.69) is 33.3 Å². The van der Waals surface area contributed by atoms with Crippen LogP contribution >= 0.6 is 27.2 Å². The van der Waals surface area contributed by atoms with Crippen molar-refractivity contribution in [2.24, 2.45) is 0 Å². The van der Waals surface area contributed by atoms with E-state index in [0.29, 0.717) is 5.56 Å². The van der Waals surface area contributed by atoms with Gasteiger partial charge in [0.15, 0.2) is 0 Å². The van der Waals surface area contributed by atoms with Crippen molar-refractivity contribution in [1.29, 1.82) is 5.26 Å². The first-order valence-electron chi connectivity index (χ1n) is 2.83. The quantitative estimate of drug-likeness (QED) is 0.672. The second-order valence-electron chi connectivity index (χ2n) is 1.50. The van der Waals surface area contributed by atoms with Gasteiger partial charge in [-0.1, -0.05) is 12.1 Å². The van der Waals surface area contributed by atoms with Crippen LogP contribution in [0.15, 0.2) is 24.3 Å². The molecule has 0 N–H and O–H groups in total. The van der Waals surface area contributed by atoms with Crippen molar-refractivity contribution in [2.75, 3.05) is 0 Å². The molecule has 53 valence electrons. The monoisotopic (exact) mass is 324 g/mol. The van der Waals surface area contributed by atoms with Crippen LogP contribution in [0.2, 0.25) is 0 Å². The molecule has 0 aliphatic carbocycles. The van der Waals surface area contributed by atoms with E-state index in [1.807, 2.05) is 6.07 Å². The van der Waals surface area contributed by atoms with Crippen LogP contribution in [0.25, 0.3) is 0 Å². The van der Waals surface area contributed by atoms with Crippen LogP contribution in [0.1, 0.15) is 5.56 Å². The van der Waals surface area contributed by atoms with Gasteiger partial charge in [0.05, 0.1) is 11.6 Å². The van der Waals surface area contributed by atoms with Gasteiger partial charge in [0, 0.05) is 0 Å². The van der Waals surface area contributed by atoms with Crippen LogP contribution in [0.4, 0.5) is 0 Å². The molecule has 0 heterocycles. The molecular weight excluding hydrogens is 323 g/mol. The summed E-state index contributed by atoms with van der Waals surface area (Å²) in [5.41, 5.74) is 0.660. The van der Waals surface area contributed by atoms with E-state index in [1.165, 1.54) is 0 Å².